The molecule has 1 aromatic carbocycles. The van der Waals surface area contributed by atoms with Crippen LogP contribution in [0.2, 0.25) is 0 Å². The summed E-state index contributed by atoms with van der Waals surface area (Å²) in [5.74, 6) is 0. The third kappa shape index (κ3) is 3.95. The van der Waals surface area contributed by atoms with Crippen molar-refractivity contribution in [1.29, 1.82) is 0 Å². The fourth-order valence-corrected chi connectivity index (χ4v) is 2.28. The smallest absolute Gasteiger partial charge is 0.404 e. The van der Waals surface area contributed by atoms with Crippen molar-refractivity contribution in [3.63, 3.8) is 0 Å². The molecule has 21 heavy (non-hydrogen) atoms. The van der Waals surface area contributed by atoms with Gasteiger partial charge >= 0.3 is 6.09 Å². The second-order valence-electron chi connectivity index (χ2n) is 4.80. The van der Waals surface area contributed by atoms with Crippen LogP contribution in [-0.4, -0.2) is 16.2 Å². The third-order valence-corrected chi connectivity index (χ3v) is 3.32. The van der Waals surface area contributed by atoms with Gasteiger partial charge in [0.05, 0.1) is 6.54 Å². The van der Waals surface area contributed by atoms with Crippen molar-refractivity contribution in [2.75, 3.05) is 0 Å². The van der Waals surface area contributed by atoms with Gasteiger partial charge in [0.1, 0.15) is 0 Å². The Morgan fingerprint density at radius 2 is 2.00 bits per heavy atom. The van der Waals surface area contributed by atoms with Gasteiger partial charge < -0.3 is 15.4 Å². The predicted molar refractivity (Wildman–Crippen MR) is 80.6 cm³/mol. The second-order valence-corrected chi connectivity index (χ2v) is 4.80. The summed E-state index contributed by atoms with van der Waals surface area (Å²) in [6, 6.07) is 11.8. The predicted octanol–water partition coefficient (Wildman–Crippen LogP) is 2.30. The largest absolute Gasteiger partial charge is 0.465 e. The summed E-state index contributed by atoms with van der Waals surface area (Å²) in [6.45, 7) is 1.98. The summed E-state index contributed by atoms with van der Waals surface area (Å²) in [4.78, 5) is 25.5. The van der Waals surface area contributed by atoms with E-state index in [1.165, 1.54) is 0 Å². The Balaban J connectivity index is 2.28. The number of carboxylic acid groups (broad SMARTS) is 1. The number of aryl methyl sites for hydroxylation is 1. The van der Waals surface area contributed by atoms with E-state index in [1.54, 1.807) is 0 Å². The zero-order chi connectivity index (χ0) is 15.2. The van der Waals surface area contributed by atoms with Crippen LogP contribution in [0.15, 0.2) is 41.2 Å². The molecule has 0 spiro atoms. The minimum Gasteiger partial charge on any atom is -0.465 e. The highest BCUT2D eigenvalue weighted by atomic mass is 16.4. The maximum atomic E-state index is 12.1. The Labute approximate surface area is 122 Å². The molecule has 0 aliphatic carbocycles. The highest BCUT2D eigenvalue weighted by molar-refractivity contribution is 5.64. The van der Waals surface area contributed by atoms with Crippen LogP contribution < -0.4 is 10.9 Å². The van der Waals surface area contributed by atoms with E-state index in [4.69, 9.17) is 5.11 Å². The summed E-state index contributed by atoms with van der Waals surface area (Å²) in [5, 5.41) is 10.9. The van der Waals surface area contributed by atoms with Gasteiger partial charge in [0.15, 0.2) is 0 Å². The lowest BCUT2D eigenvalue weighted by Gasteiger charge is -2.10. The SMILES string of the molecule is CCc1cc(Cc2ccccc2)[nH]c(=O)c1CNC(=O)O. The number of rotatable bonds is 5. The molecule has 1 amide bonds. The lowest BCUT2D eigenvalue weighted by molar-refractivity contribution is 0.194. The molecule has 5 heteroatoms. The average molecular weight is 286 g/mol. The number of hydrogen-bond donors (Lipinski definition) is 3. The summed E-state index contributed by atoms with van der Waals surface area (Å²) in [5.41, 5.74) is 3.08. The number of pyridine rings is 1. The summed E-state index contributed by atoms with van der Waals surface area (Å²) >= 11 is 0. The molecular formula is C16H18N2O3. The van der Waals surface area contributed by atoms with Crippen molar-refractivity contribution in [2.24, 2.45) is 0 Å². The monoisotopic (exact) mass is 286 g/mol. The lowest BCUT2D eigenvalue weighted by Crippen LogP contribution is -2.27. The van der Waals surface area contributed by atoms with Gasteiger partial charge in [-0.15, -0.1) is 0 Å². The Hall–Kier alpha value is -2.56. The third-order valence-electron chi connectivity index (χ3n) is 3.32. The van der Waals surface area contributed by atoms with Crippen LogP contribution in [0.5, 0.6) is 0 Å². The topological polar surface area (TPSA) is 82.2 Å². The van der Waals surface area contributed by atoms with E-state index < -0.39 is 6.09 Å². The first-order chi connectivity index (χ1) is 10.1. The van der Waals surface area contributed by atoms with E-state index in [0.29, 0.717) is 18.4 Å². The maximum absolute atomic E-state index is 12.1. The molecule has 110 valence electrons. The molecule has 0 aliphatic heterocycles. The van der Waals surface area contributed by atoms with Crippen molar-refractivity contribution in [3.05, 3.63) is 69.1 Å². The minimum atomic E-state index is -1.13. The maximum Gasteiger partial charge on any atom is 0.404 e. The fraction of sp³-hybridized carbons (Fsp3) is 0.250. The van der Waals surface area contributed by atoms with E-state index >= 15 is 0 Å². The Morgan fingerprint density at radius 1 is 1.29 bits per heavy atom. The highest BCUT2D eigenvalue weighted by Gasteiger charge is 2.10. The highest BCUT2D eigenvalue weighted by Crippen LogP contribution is 2.11. The molecule has 5 nitrogen and oxygen atoms in total. The van der Waals surface area contributed by atoms with Gasteiger partial charge in [-0.05, 0) is 23.6 Å². The van der Waals surface area contributed by atoms with Gasteiger partial charge in [0.25, 0.3) is 5.56 Å². The molecule has 0 atom stereocenters. The number of aromatic nitrogens is 1. The van der Waals surface area contributed by atoms with Crippen LogP contribution >= 0.6 is 0 Å². The molecule has 0 fully saturated rings. The first kappa shape index (κ1) is 14.8. The van der Waals surface area contributed by atoms with Crippen molar-refractivity contribution >= 4 is 6.09 Å². The summed E-state index contributed by atoms with van der Waals surface area (Å²) in [7, 11) is 0. The fourth-order valence-electron chi connectivity index (χ4n) is 2.28. The summed E-state index contributed by atoms with van der Waals surface area (Å²) in [6.07, 6.45) is 0.197. The summed E-state index contributed by atoms with van der Waals surface area (Å²) < 4.78 is 0. The molecule has 0 bridgehead atoms. The molecule has 0 radical (unpaired) electrons. The minimum absolute atomic E-state index is 0.0272. The quantitative estimate of drug-likeness (QED) is 0.788. The number of benzene rings is 1. The van der Waals surface area contributed by atoms with Crippen LogP contribution in [-0.2, 0) is 19.4 Å². The van der Waals surface area contributed by atoms with Crippen LogP contribution in [0.25, 0.3) is 0 Å². The van der Waals surface area contributed by atoms with E-state index in [1.807, 2.05) is 43.3 Å². The number of aromatic amines is 1. The van der Waals surface area contributed by atoms with Crippen LogP contribution in [0.4, 0.5) is 4.79 Å². The Morgan fingerprint density at radius 3 is 2.62 bits per heavy atom. The van der Waals surface area contributed by atoms with Crippen molar-refractivity contribution in [2.45, 2.75) is 26.3 Å². The van der Waals surface area contributed by atoms with Crippen molar-refractivity contribution in [3.8, 4) is 0 Å². The van der Waals surface area contributed by atoms with Crippen LogP contribution in [0.3, 0.4) is 0 Å². The Bertz CT molecular complexity index is 678. The molecule has 1 heterocycles. The molecule has 0 saturated heterocycles. The molecule has 0 unspecified atom stereocenters. The van der Waals surface area contributed by atoms with Gasteiger partial charge in [-0.2, -0.15) is 0 Å². The molecule has 0 aliphatic rings. The average Bonchev–Trinajstić information content (AvgIpc) is 2.46. The van der Waals surface area contributed by atoms with Gasteiger partial charge in [-0.25, -0.2) is 4.79 Å². The number of carbonyl (C=O) groups is 1. The van der Waals surface area contributed by atoms with Gasteiger partial charge in [-0.3, -0.25) is 4.79 Å². The van der Waals surface area contributed by atoms with E-state index in [2.05, 4.69) is 10.3 Å². The van der Waals surface area contributed by atoms with Gasteiger partial charge in [0.2, 0.25) is 0 Å². The number of H-pyrrole nitrogens is 1. The molecule has 2 aromatic rings. The van der Waals surface area contributed by atoms with Crippen molar-refractivity contribution in [1.82, 2.24) is 10.3 Å². The molecule has 0 saturated carbocycles. The molecule has 1 aromatic heterocycles. The van der Waals surface area contributed by atoms with E-state index in [9.17, 15) is 9.59 Å². The number of hydrogen-bond acceptors (Lipinski definition) is 2. The molecular weight excluding hydrogens is 268 g/mol. The first-order valence-corrected chi connectivity index (χ1v) is 6.84. The standard InChI is InChI=1S/C16H18N2O3/c1-2-12-9-13(8-11-6-4-3-5-7-11)18-15(19)14(12)10-17-16(20)21/h3-7,9,17H,2,8,10H2,1H3,(H,18,19)(H,20,21). The van der Waals surface area contributed by atoms with E-state index in [0.717, 1.165) is 16.8 Å². The number of nitrogens with one attached hydrogen (secondary N) is 2. The van der Waals surface area contributed by atoms with E-state index in [-0.39, 0.29) is 12.1 Å². The first-order valence-electron chi connectivity index (χ1n) is 6.84. The van der Waals surface area contributed by atoms with Crippen LogP contribution in [0, 0.1) is 0 Å². The molecule has 2 rings (SSSR count). The zero-order valence-electron chi connectivity index (χ0n) is 11.8. The molecule has 3 N–H and O–H groups in total. The number of amides is 1. The lowest BCUT2D eigenvalue weighted by atomic mass is 10.0. The van der Waals surface area contributed by atoms with Crippen LogP contribution in [0.1, 0.15) is 29.3 Å². The van der Waals surface area contributed by atoms with Crippen molar-refractivity contribution < 1.29 is 9.90 Å². The second kappa shape index (κ2) is 6.74. The zero-order valence-corrected chi connectivity index (χ0v) is 11.8. The van der Waals surface area contributed by atoms with Gasteiger partial charge in [0, 0.05) is 17.7 Å². The normalized spacial score (nSPS) is 10.3. The van der Waals surface area contributed by atoms with Gasteiger partial charge in [-0.1, -0.05) is 37.3 Å². The Kier molecular flexibility index (Phi) is 4.77.